The Balaban J connectivity index is 2.27. The molecule has 2 heterocycles. The Kier molecular flexibility index (Phi) is 7.84. The third-order valence-corrected chi connectivity index (χ3v) is 10.2. The third kappa shape index (κ3) is 6.58. The zero-order valence-electron chi connectivity index (χ0n) is 19.6. The minimum Gasteiger partial charge on any atom is -0.462 e. The van der Waals surface area contributed by atoms with Crippen LogP contribution in [0.3, 0.4) is 0 Å². The largest absolute Gasteiger partial charge is 0.462 e. The number of imidazole rings is 1. The highest BCUT2D eigenvalue weighted by Crippen LogP contribution is 2.37. The molecule has 0 bridgehead atoms. The molecule has 1 fully saturated rings. The van der Waals surface area contributed by atoms with Gasteiger partial charge in [-0.1, -0.05) is 20.8 Å². The number of thiocarbonyl (C=S) groups is 1. The van der Waals surface area contributed by atoms with E-state index in [1.807, 2.05) is 27.9 Å². The Morgan fingerprint density at radius 1 is 1.37 bits per heavy atom. The summed E-state index contributed by atoms with van der Waals surface area (Å²) in [5.41, 5.74) is 0. The number of ether oxygens (including phenoxy) is 3. The molecule has 8 nitrogen and oxygen atoms in total. The Morgan fingerprint density at radius 3 is 2.57 bits per heavy atom. The SMILES string of the molecule is CN(C)/N=C/[C@@H]1OC(C)(C)O[C@@H]1[C@@H](CO[Si](C)(C)C(C)(C)C)OC(=S)n1ccnc1. The highest BCUT2D eigenvalue weighted by Gasteiger charge is 2.47. The predicted molar refractivity (Wildman–Crippen MR) is 124 cm³/mol. The lowest BCUT2D eigenvalue weighted by molar-refractivity contribution is -0.153. The van der Waals surface area contributed by atoms with Gasteiger partial charge >= 0.3 is 0 Å². The smallest absolute Gasteiger partial charge is 0.269 e. The molecule has 0 unspecified atom stereocenters. The average Bonchev–Trinajstić information content (AvgIpc) is 3.23. The molecule has 0 radical (unpaired) electrons. The molecule has 170 valence electrons. The van der Waals surface area contributed by atoms with Crippen molar-refractivity contribution in [2.75, 3.05) is 20.7 Å². The monoisotopic (exact) mass is 456 g/mol. The average molecular weight is 457 g/mol. The molecule has 0 spiro atoms. The molecule has 1 saturated heterocycles. The normalized spacial score (nSPS) is 23.0. The van der Waals surface area contributed by atoms with Crippen molar-refractivity contribution in [1.82, 2.24) is 14.6 Å². The first-order valence-electron chi connectivity index (χ1n) is 10.1. The van der Waals surface area contributed by atoms with Crippen LogP contribution in [-0.2, 0) is 18.6 Å². The number of hydrogen-bond donors (Lipinski definition) is 0. The van der Waals surface area contributed by atoms with Crippen LogP contribution in [0.2, 0.25) is 18.1 Å². The Morgan fingerprint density at radius 2 is 2.03 bits per heavy atom. The van der Waals surface area contributed by atoms with Crippen LogP contribution in [-0.4, -0.2) is 79.1 Å². The van der Waals surface area contributed by atoms with Gasteiger partial charge in [0.15, 0.2) is 20.2 Å². The van der Waals surface area contributed by atoms with Crippen LogP contribution in [0, 0.1) is 0 Å². The second kappa shape index (κ2) is 9.43. The van der Waals surface area contributed by atoms with Crippen molar-refractivity contribution in [3.8, 4) is 0 Å². The fourth-order valence-corrected chi connectivity index (χ4v) is 3.92. The first-order valence-corrected chi connectivity index (χ1v) is 13.4. The molecule has 1 aromatic rings. The summed E-state index contributed by atoms with van der Waals surface area (Å²) in [4.78, 5) is 4.04. The van der Waals surface area contributed by atoms with Gasteiger partial charge in [-0.2, -0.15) is 5.10 Å². The lowest BCUT2D eigenvalue weighted by Crippen LogP contribution is -2.48. The summed E-state index contributed by atoms with van der Waals surface area (Å²) < 4.78 is 26.6. The standard InChI is InChI=1S/C20H36N4O4SSi/c1-19(2,3)30(8,9)25-13-16(26-18(29)24-11-10-21-14-24)17-15(12-22-23(6)7)27-20(4,5)28-17/h10-12,14-17H,13H2,1-9H3/b22-12+/t15-,16+,17-/m0/s1. The van der Waals surface area contributed by atoms with Gasteiger partial charge in [0.1, 0.15) is 18.5 Å². The van der Waals surface area contributed by atoms with Gasteiger partial charge in [0, 0.05) is 26.5 Å². The summed E-state index contributed by atoms with van der Waals surface area (Å²) in [6, 6.07) is 0. The van der Waals surface area contributed by atoms with Crippen LogP contribution < -0.4 is 0 Å². The highest BCUT2D eigenvalue weighted by molar-refractivity contribution is 7.80. The summed E-state index contributed by atoms with van der Waals surface area (Å²) in [6.45, 7) is 15.1. The highest BCUT2D eigenvalue weighted by atomic mass is 32.1. The lowest BCUT2D eigenvalue weighted by atomic mass is 10.1. The van der Waals surface area contributed by atoms with E-state index in [4.69, 9.17) is 30.9 Å². The maximum absolute atomic E-state index is 6.47. The quantitative estimate of drug-likeness (QED) is 0.269. The van der Waals surface area contributed by atoms with Crippen LogP contribution >= 0.6 is 12.2 Å². The van der Waals surface area contributed by atoms with Crippen LogP contribution in [0.5, 0.6) is 0 Å². The van der Waals surface area contributed by atoms with Gasteiger partial charge in [0.2, 0.25) is 0 Å². The fraction of sp³-hybridized carbons (Fsp3) is 0.750. The maximum Gasteiger partial charge on any atom is 0.269 e. The predicted octanol–water partition coefficient (Wildman–Crippen LogP) is 3.49. The third-order valence-electron chi connectivity index (χ3n) is 5.36. The van der Waals surface area contributed by atoms with E-state index in [0.717, 1.165) is 0 Å². The van der Waals surface area contributed by atoms with E-state index < -0.39 is 32.4 Å². The van der Waals surface area contributed by atoms with E-state index in [9.17, 15) is 0 Å². The number of hydrogen-bond acceptors (Lipinski definition) is 8. The second-order valence-electron chi connectivity index (χ2n) is 9.64. The molecule has 0 aromatic carbocycles. The topological polar surface area (TPSA) is 70.3 Å². The van der Waals surface area contributed by atoms with Crippen LogP contribution in [0.4, 0.5) is 0 Å². The van der Waals surface area contributed by atoms with E-state index in [1.54, 1.807) is 34.5 Å². The molecule has 0 aliphatic carbocycles. The van der Waals surface area contributed by atoms with Gasteiger partial charge in [0.05, 0.1) is 12.8 Å². The van der Waals surface area contributed by atoms with Gasteiger partial charge in [-0.3, -0.25) is 4.57 Å². The molecular formula is C20H36N4O4SSi. The minimum absolute atomic E-state index is 0.0699. The lowest BCUT2D eigenvalue weighted by Gasteiger charge is -2.38. The Labute approximate surface area is 186 Å². The molecule has 1 aliphatic rings. The van der Waals surface area contributed by atoms with Crippen LogP contribution in [0.15, 0.2) is 23.8 Å². The van der Waals surface area contributed by atoms with Gasteiger partial charge < -0.3 is 23.6 Å². The zero-order chi connectivity index (χ0) is 22.7. The first-order chi connectivity index (χ1) is 13.7. The Hall–Kier alpha value is -1.33. The number of aromatic nitrogens is 2. The van der Waals surface area contributed by atoms with E-state index in [2.05, 4.69) is 44.0 Å². The molecule has 0 saturated carbocycles. The van der Waals surface area contributed by atoms with Gasteiger partial charge in [-0.15, -0.1) is 0 Å². The minimum atomic E-state index is -2.01. The molecule has 30 heavy (non-hydrogen) atoms. The fourth-order valence-electron chi connectivity index (χ4n) is 2.68. The van der Waals surface area contributed by atoms with E-state index in [1.165, 1.54) is 0 Å². The van der Waals surface area contributed by atoms with Gasteiger partial charge in [-0.05, 0) is 44.2 Å². The van der Waals surface area contributed by atoms with Crippen molar-refractivity contribution < 1.29 is 18.6 Å². The molecule has 0 amide bonds. The number of hydrazone groups is 1. The molecular weight excluding hydrogens is 420 g/mol. The molecule has 1 aliphatic heterocycles. The van der Waals surface area contributed by atoms with Crippen molar-refractivity contribution in [2.24, 2.45) is 5.10 Å². The summed E-state index contributed by atoms with van der Waals surface area (Å²) in [7, 11) is 1.70. The van der Waals surface area contributed by atoms with Gasteiger partial charge in [-0.25, -0.2) is 4.98 Å². The summed E-state index contributed by atoms with van der Waals surface area (Å²) in [6.07, 6.45) is 5.43. The van der Waals surface area contributed by atoms with Crippen molar-refractivity contribution in [1.29, 1.82) is 0 Å². The first kappa shape index (κ1) is 24.9. The summed E-state index contributed by atoms with van der Waals surface area (Å²) >= 11 is 5.49. The molecule has 10 heteroatoms. The van der Waals surface area contributed by atoms with E-state index >= 15 is 0 Å². The van der Waals surface area contributed by atoms with Crippen LogP contribution in [0.1, 0.15) is 34.6 Å². The Bertz CT molecular complexity index is 732. The molecule has 1 aromatic heterocycles. The van der Waals surface area contributed by atoms with Crippen molar-refractivity contribution in [3.63, 3.8) is 0 Å². The number of nitrogens with zero attached hydrogens (tertiary/aromatic N) is 4. The summed E-state index contributed by atoms with van der Waals surface area (Å²) in [5, 5.41) is 6.42. The van der Waals surface area contributed by atoms with Crippen LogP contribution in [0.25, 0.3) is 0 Å². The molecule has 3 atom stereocenters. The van der Waals surface area contributed by atoms with Crippen molar-refractivity contribution >= 4 is 31.9 Å². The number of rotatable bonds is 7. The van der Waals surface area contributed by atoms with Crippen molar-refractivity contribution in [2.45, 2.75) is 76.8 Å². The molecule has 0 N–H and O–H groups in total. The maximum atomic E-state index is 6.47. The van der Waals surface area contributed by atoms with E-state index in [-0.39, 0.29) is 10.2 Å². The zero-order valence-corrected chi connectivity index (χ0v) is 21.4. The molecule has 2 rings (SSSR count). The second-order valence-corrected chi connectivity index (χ2v) is 14.8. The van der Waals surface area contributed by atoms with Gasteiger partial charge in [0.25, 0.3) is 5.17 Å². The van der Waals surface area contributed by atoms with Crippen molar-refractivity contribution in [3.05, 3.63) is 18.7 Å². The summed E-state index contributed by atoms with van der Waals surface area (Å²) in [5.74, 6) is -0.775. The van der Waals surface area contributed by atoms with E-state index in [0.29, 0.717) is 6.61 Å².